The fourth-order valence-electron chi connectivity index (χ4n) is 2.57. The van der Waals surface area contributed by atoms with Crippen molar-refractivity contribution in [1.29, 1.82) is 0 Å². The SMILES string of the molecule is CC(C)(CCO)NC1C(O)c2ccccc2C1O. The number of hydrogen-bond acceptors (Lipinski definition) is 4. The molecule has 0 amide bonds. The summed E-state index contributed by atoms with van der Waals surface area (Å²) in [5.74, 6) is 0. The van der Waals surface area contributed by atoms with E-state index in [0.717, 1.165) is 11.1 Å². The molecule has 1 aliphatic carbocycles. The smallest absolute Gasteiger partial charge is 0.0975 e. The Morgan fingerprint density at radius 3 is 2.06 bits per heavy atom. The number of nitrogens with one attached hydrogen (secondary N) is 1. The molecule has 1 aliphatic rings. The minimum absolute atomic E-state index is 0.0753. The van der Waals surface area contributed by atoms with Gasteiger partial charge in [-0.05, 0) is 31.4 Å². The number of aliphatic hydroxyl groups is 3. The lowest BCUT2D eigenvalue weighted by Crippen LogP contribution is -2.49. The van der Waals surface area contributed by atoms with Gasteiger partial charge in [-0.15, -0.1) is 0 Å². The lowest BCUT2D eigenvalue weighted by Gasteiger charge is -2.32. The fourth-order valence-corrected chi connectivity index (χ4v) is 2.57. The highest BCUT2D eigenvalue weighted by molar-refractivity contribution is 5.38. The molecule has 1 aromatic carbocycles. The maximum atomic E-state index is 10.3. The summed E-state index contributed by atoms with van der Waals surface area (Å²) in [4.78, 5) is 0. The van der Waals surface area contributed by atoms with Crippen molar-refractivity contribution in [3.8, 4) is 0 Å². The highest BCUT2D eigenvalue weighted by Gasteiger charge is 2.40. The number of aliphatic hydroxyl groups excluding tert-OH is 3. The molecule has 18 heavy (non-hydrogen) atoms. The molecule has 100 valence electrons. The predicted octanol–water partition coefficient (Wildman–Crippen LogP) is 0.886. The number of benzene rings is 1. The van der Waals surface area contributed by atoms with Gasteiger partial charge in [-0.2, -0.15) is 0 Å². The lowest BCUT2D eigenvalue weighted by atomic mass is 9.97. The molecule has 2 unspecified atom stereocenters. The van der Waals surface area contributed by atoms with Crippen LogP contribution in [-0.4, -0.2) is 33.5 Å². The molecule has 0 heterocycles. The molecule has 0 fully saturated rings. The van der Waals surface area contributed by atoms with E-state index >= 15 is 0 Å². The zero-order chi connectivity index (χ0) is 13.3. The van der Waals surface area contributed by atoms with Crippen LogP contribution >= 0.6 is 0 Å². The molecule has 0 radical (unpaired) electrons. The second-order valence-corrected chi connectivity index (χ2v) is 5.55. The fraction of sp³-hybridized carbons (Fsp3) is 0.571. The van der Waals surface area contributed by atoms with Crippen molar-refractivity contribution in [2.75, 3.05) is 6.61 Å². The largest absolute Gasteiger partial charge is 0.396 e. The van der Waals surface area contributed by atoms with Gasteiger partial charge in [0, 0.05) is 12.1 Å². The molecule has 0 aliphatic heterocycles. The molecule has 4 heteroatoms. The summed E-state index contributed by atoms with van der Waals surface area (Å²) in [5, 5.41) is 32.8. The first-order chi connectivity index (χ1) is 8.46. The monoisotopic (exact) mass is 251 g/mol. The van der Waals surface area contributed by atoms with Gasteiger partial charge in [-0.25, -0.2) is 0 Å². The zero-order valence-corrected chi connectivity index (χ0v) is 10.8. The van der Waals surface area contributed by atoms with Crippen molar-refractivity contribution in [1.82, 2.24) is 5.32 Å². The number of rotatable bonds is 4. The Balaban J connectivity index is 2.18. The van der Waals surface area contributed by atoms with E-state index in [0.29, 0.717) is 6.42 Å². The molecular weight excluding hydrogens is 230 g/mol. The van der Waals surface area contributed by atoms with Gasteiger partial charge in [0.1, 0.15) is 0 Å². The normalized spacial score (nSPS) is 27.3. The van der Waals surface area contributed by atoms with E-state index in [-0.39, 0.29) is 12.1 Å². The van der Waals surface area contributed by atoms with E-state index in [2.05, 4.69) is 5.32 Å². The van der Waals surface area contributed by atoms with Crippen molar-refractivity contribution in [2.24, 2.45) is 0 Å². The standard InChI is InChI=1S/C14H21NO3/c1-14(2,7-8-16)15-11-12(17)9-5-3-4-6-10(9)13(11)18/h3-6,11-13,15-18H,7-8H2,1-2H3. The Morgan fingerprint density at radius 2 is 1.61 bits per heavy atom. The molecule has 2 rings (SSSR count). The average molecular weight is 251 g/mol. The third-order valence-corrected chi connectivity index (χ3v) is 3.61. The minimum atomic E-state index is -0.714. The van der Waals surface area contributed by atoms with Crippen LogP contribution in [0.4, 0.5) is 0 Å². The van der Waals surface area contributed by atoms with Crippen LogP contribution in [-0.2, 0) is 0 Å². The van der Waals surface area contributed by atoms with Crippen LogP contribution in [0.1, 0.15) is 43.6 Å². The second-order valence-electron chi connectivity index (χ2n) is 5.55. The highest BCUT2D eigenvalue weighted by Crippen LogP contribution is 2.39. The van der Waals surface area contributed by atoms with Crippen molar-refractivity contribution < 1.29 is 15.3 Å². The molecule has 0 spiro atoms. The van der Waals surface area contributed by atoms with E-state index in [1.807, 2.05) is 38.1 Å². The summed E-state index contributed by atoms with van der Waals surface area (Å²) in [6.45, 7) is 3.98. The first-order valence-electron chi connectivity index (χ1n) is 6.30. The highest BCUT2D eigenvalue weighted by atomic mass is 16.3. The maximum Gasteiger partial charge on any atom is 0.0975 e. The lowest BCUT2D eigenvalue weighted by molar-refractivity contribution is 0.0412. The summed E-state index contributed by atoms with van der Waals surface area (Å²) >= 11 is 0. The van der Waals surface area contributed by atoms with Gasteiger partial charge in [-0.3, -0.25) is 0 Å². The van der Waals surface area contributed by atoms with Crippen molar-refractivity contribution in [2.45, 2.75) is 44.1 Å². The molecule has 0 aromatic heterocycles. The molecule has 0 saturated heterocycles. The molecule has 0 saturated carbocycles. The predicted molar refractivity (Wildman–Crippen MR) is 69.1 cm³/mol. The quantitative estimate of drug-likeness (QED) is 0.641. The van der Waals surface area contributed by atoms with Gasteiger partial charge < -0.3 is 20.6 Å². The van der Waals surface area contributed by atoms with Gasteiger partial charge in [0.05, 0.1) is 18.2 Å². The van der Waals surface area contributed by atoms with Crippen molar-refractivity contribution in [3.05, 3.63) is 35.4 Å². The number of fused-ring (bicyclic) bond motifs is 1. The Labute approximate surface area is 107 Å². The molecule has 4 nitrogen and oxygen atoms in total. The Hall–Kier alpha value is -0.940. The molecule has 0 bridgehead atoms. The van der Waals surface area contributed by atoms with E-state index < -0.39 is 18.2 Å². The summed E-state index contributed by atoms with van der Waals surface area (Å²) in [6.07, 6.45) is -0.859. The average Bonchev–Trinajstić information content (AvgIpc) is 2.55. The summed E-state index contributed by atoms with van der Waals surface area (Å²) in [5.41, 5.74) is 1.23. The maximum absolute atomic E-state index is 10.3. The van der Waals surface area contributed by atoms with Gasteiger partial charge >= 0.3 is 0 Å². The van der Waals surface area contributed by atoms with Crippen LogP contribution < -0.4 is 5.32 Å². The summed E-state index contributed by atoms with van der Waals surface area (Å²) in [7, 11) is 0. The Morgan fingerprint density at radius 1 is 1.11 bits per heavy atom. The van der Waals surface area contributed by atoms with Crippen molar-refractivity contribution >= 4 is 0 Å². The van der Waals surface area contributed by atoms with Crippen LogP contribution in [0.15, 0.2) is 24.3 Å². The van der Waals surface area contributed by atoms with Gasteiger partial charge in [0.2, 0.25) is 0 Å². The minimum Gasteiger partial charge on any atom is -0.396 e. The zero-order valence-electron chi connectivity index (χ0n) is 10.8. The molecule has 2 atom stereocenters. The second kappa shape index (κ2) is 4.97. The van der Waals surface area contributed by atoms with Gasteiger partial charge in [-0.1, -0.05) is 24.3 Å². The first kappa shape index (κ1) is 13.5. The first-order valence-corrected chi connectivity index (χ1v) is 6.30. The third-order valence-electron chi connectivity index (χ3n) is 3.61. The Bertz CT molecular complexity index is 390. The molecular formula is C14H21NO3. The number of hydrogen-bond donors (Lipinski definition) is 4. The summed E-state index contributed by atoms with van der Waals surface area (Å²) in [6, 6.07) is 6.96. The third kappa shape index (κ3) is 2.42. The van der Waals surface area contributed by atoms with Crippen molar-refractivity contribution in [3.63, 3.8) is 0 Å². The topological polar surface area (TPSA) is 72.7 Å². The van der Waals surface area contributed by atoms with Gasteiger partial charge in [0.25, 0.3) is 0 Å². The van der Waals surface area contributed by atoms with Crippen LogP contribution in [0, 0.1) is 0 Å². The van der Waals surface area contributed by atoms with E-state index in [9.17, 15) is 10.2 Å². The summed E-state index contributed by atoms with van der Waals surface area (Å²) < 4.78 is 0. The van der Waals surface area contributed by atoms with Crippen LogP contribution in [0.25, 0.3) is 0 Å². The molecule has 1 aromatic rings. The van der Waals surface area contributed by atoms with E-state index in [4.69, 9.17) is 5.11 Å². The van der Waals surface area contributed by atoms with Crippen LogP contribution in [0.2, 0.25) is 0 Å². The molecule has 4 N–H and O–H groups in total. The van der Waals surface area contributed by atoms with E-state index in [1.54, 1.807) is 0 Å². The van der Waals surface area contributed by atoms with Gasteiger partial charge in [0.15, 0.2) is 0 Å². The van der Waals surface area contributed by atoms with E-state index in [1.165, 1.54) is 0 Å². The Kier molecular flexibility index (Phi) is 3.73. The van der Waals surface area contributed by atoms with Crippen LogP contribution in [0.3, 0.4) is 0 Å². The van der Waals surface area contributed by atoms with Crippen LogP contribution in [0.5, 0.6) is 0 Å².